The van der Waals surface area contributed by atoms with Crippen LogP contribution in [0.25, 0.3) is 0 Å². The first kappa shape index (κ1) is 26.6. The van der Waals surface area contributed by atoms with E-state index in [2.05, 4.69) is 0 Å². The van der Waals surface area contributed by atoms with Crippen LogP contribution in [0.4, 0.5) is 0 Å². The van der Waals surface area contributed by atoms with Gasteiger partial charge in [0.25, 0.3) is 0 Å². The van der Waals surface area contributed by atoms with Gasteiger partial charge in [-0.3, -0.25) is 0 Å². The summed E-state index contributed by atoms with van der Waals surface area (Å²) in [6.45, 7) is 0. The molecular weight excluding hydrogens is 356 g/mol. The van der Waals surface area contributed by atoms with E-state index in [1.807, 2.05) is 0 Å². The smallest absolute Gasteiger partial charge is 1.00 e. The monoisotopic (exact) mass is 353 g/mol. The summed E-state index contributed by atoms with van der Waals surface area (Å²) in [4.78, 5) is 0. The molecule has 1 radical (unpaired) electrons. The summed E-state index contributed by atoms with van der Waals surface area (Å²) < 4.78 is 0. The third-order valence-electron chi connectivity index (χ3n) is 0. The molecule has 0 spiro atoms. The predicted molar refractivity (Wildman–Crippen MR) is 0 cm³/mol. The fraction of sp³-hybridized carbons (Fsp3) is 0. The van der Waals surface area contributed by atoms with Crippen LogP contribution in [-0.2, 0) is 0 Å². The Morgan fingerprint density at radius 2 is 0.750 bits per heavy atom. The van der Waals surface area contributed by atoms with Crippen molar-refractivity contribution in [1.29, 1.82) is 0 Å². The molecule has 0 saturated carbocycles. The maximum absolute atomic E-state index is 0. The van der Waals surface area contributed by atoms with Gasteiger partial charge in [0.15, 0.2) is 0 Å². The third kappa shape index (κ3) is 9.00. The van der Waals surface area contributed by atoms with Crippen LogP contribution in [-0.4, -0.2) is 0 Å². The Morgan fingerprint density at radius 1 is 0.750 bits per heavy atom. The van der Waals surface area contributed by atoms with E-state index in [-0.39, 0.29) is 107 Å². The first-order valence-electron chi connectivity index (χ1n) is 0. The van der Waals surface area contributed by atoms with Crippen molar-refractivity contribution >= 4 is 0 Å². The number of rotatable bonds is 0. The van der Waals surface area contributed by atoms with Crippen LogP contribution >= 0.6 is 0 Å². The van der Waals surface area contributed by atoms with Gasteiger partial charge in [0.05, 0.1) is 0 Å². The van der Waals surface area contributed by atoms with Gasteiger partial charge in [0, 0.05) is 0 Å². The Bertz CT molecular complexity index is 6.00. The van der Waals surface area contributed by atoms with Gasteiger partial charge in [-0.1, -0.05) is 0 Å². The normalized spacial score (nSPS) is 0. The van der Waals surface area contributed by atoms with Gasteiger partial charge >= 0.3 is 82.1 Å². The molecule has 0 nitrogen and oxygen atoms in total. The maximum Gasteiger partial charge on any atom is 3.00 e. The number of hydrogen-bond acceptors (Lipinski definition) is 0. The van der Waals surface area contributed by atoms with Gasteiger partial charge in [-0.25, -0.2) is 0 Å². The van der Waals surface area contributed by atoms with Crippen LogP contribution in [0.5, 0.6) is 0 Å². The van der Waals surface area contributed by atoms with Crippen molar-refractivity contribution in [3.8, 4) is 0 Å². The molecule has 0 aromatic rings. The molecule has 0 rings (SSSR count). The quantitative estimate of drug-likeness (QED) is 0.406. The van der Waals surface area contributed by atoms with Gasteiger partial charge in [0.1, 0.15) is 0 Å². The minimum absolute atomic E-state index is 0. The first-order valence-corrected chi connectivity index (χ1v) is 0. The molecule has 17 valence electrons. The predicted octanol–water partition coefficient (Wildman–Crippen LogP) is -5.99. The average molecular weight is 356 g/mol. The number of hydrogen-bond donors (Lipinski definition) is 0. The molecule has 0 N–H and O–H groups in total. The molecule has 4 heteroatoms. The Hall–Kier alpha value is 3.29. The van der Waals surface area contributed by atoms with Crippen molar-refractivity contribution < 1.29 is 107 Å². The van der Waals surface area contributed by atoms with Crippen LogP contribution in [0, 0.1) is 82.1 Å². The van der Waals surface area contributed by atoms with E-state index in [0.717, 1.165) is 0 Å². The summed E-state index contributed by atoms with van der Waals surface area (Å²) in [5.41, 5.74) is 0. The zero-order valence-corrected chi connectivity index (χ0v) is 10.3. The van der Waals surface area contributed by atoms with E-state index in [1.54, 1.807) is 0 Å². The van der Waals surface area contributed by atoms with Crippen LogP contribution in [0.3, 0.4) is 0 Å². The van der Waals surface area contributed by atoms with Gasteiger partial charge in [-0.15, -0.1) is 0 Å². The molecule has 0 aliphatic carbocycles. The SMILES string of the molecule is [Cl-].[Cl-].[Nd+3].[Pr+3]. The molecular formula is Cl2NdPr+4. The summed E-state index contributed by atoms with van der Waals surface area (Å²) in [6.07, 6.45) is 0. The average Bonchev–Trinajstić information content (AvgIpc) is 0. The molecule has 0 aliphatic rings. The summed E-state index contributed by atoms with van der Waals surface area (Å²) >= 11 is 0. The molecule has 0 amide bonds. The fourth-order valence-corrected chi connectivity index (χ4v) is 0. The van der Waals surface area contributed by atoms with E-state index < -0.39 is 0 Å². The third-order valence-corrected chi connectivity index (χ3v) is 0. The van der Waals surface area contributed by atoms with Crippen LogP contribution in [0.2, 0.25) is 0 Å². The summed E-state index contributed by atoms with van der Waals surface area (Å²) in [7, 11) is 0. The van der Waals surface area contributed by atoms with Gasteiger partial charge in [-0.2, -0.15) is 0 Å². The fourth-order valence-electron chi connectivity index (χ4n) is 0. The van der Waals surface area contributed by atoms with Crippen LogP contribution in [0.1, 0.15) is 0 Å². The van der Waals surface area contributed by atoms with Gasteiger partial charge in [-0.05, 0) is 0 Å². The van der Waals surface area contributed by atoms with E-state index in [0.29, 0.717) is 0 Å². The Labute approximate surface area is 104 Å². The van der Waals surface area contributed by atoms with E-state index >= 15 is 0 Å². The Balaban J connectivity index is 0. The first-order chi connectivity index (χ1) is 0. The molecule has 0 fully saturated rings. The zero-order chi connectivity index (χ0) is 0. The Kier molecular flexibility index (Phi) is 108. The molecule has 0 unspecified atom stereocenters. The van der Waals surface area contributed by atoms with E-state index in [1.165, 1.54) is 0 Å². The molecule has 0 saturated heterocycles. The minimum atomic E-state index is 0. The van der Waals surface area contributed by atoms with Crippen molar-refractivity contribution in [2.75, 3.05) is 0 Å². The second kappa shape index (κ2) is 16.3. The standard InChI is InChI=1S/2ClH.Nd.Pr/h2*1H;;/q;;2*+3/p-2. The van der Waals surface area contributed by atoms with Gasteiger partial charge in [0.2, 0.25) is 0 Å². The van der Waals surface area contributed by atoms with E-state index in [9.17, 15) is 0 Å². The van der Waals surface area contributed by atoms with Crippen molar-refractivity contribution in [2.24, 2.45) is 0 Å². The minimum Gasteiger partial charge on any atom is -1.00 e. The Morgan fingerprint density at radius 3 is 0.750 bits per heavy atom. The van der Waals surface area contributed by atoms with Gasteiger partial charge < -0.3 is 24.8 Å². The molecule has 4 heavy (non-hydrogen) atoms. The zero-order valence-electron chi connectivity index (χ0n) is 1.83. The van der Waals surface area contributed by atoms with Crippen molar-refractivity contribution in [1.82, 2.24) is 0 Å². The van der Waals surface area contributed by atoms with E-state index in [4.69, 9.17) is 0 Å². The summed E-state index contributed by atoms with van der Waals surface area (Å²) in [5, 5.41) is 0. The largest absolute Gasteiger partial charge is 3.00 e. The second-order valence-electron chi connectivity index (χ2n) is 0. The van der Waals surface area contributed by atoms with Crippen LogP contribution < -0.4 is 24.8 Å². The van der Waals surface area contributed by atoms with Crippen molar-refractivity contribution in [2.45, 2.75) is 0 Å². The van der Waals surface area contributed by atoms with Crippen LogP contribution in [0.15, 0.2) is 0 Å². The number of halogens is 2. The molecule has 0 heterocycles. The topological polar surface area (TPSA) is 0 Å². The molecule has 0 aromatic carbocycles. The van der Waals surface area contributed by atoms with Crippen molar-refractivity contribution in [3.05, 3.63) is 0 Å². The molecule has 0 atom stereocenters. The summed E-state index contributed by atoms with van der Waals surface area (Å²) in [6, 6.07) is 0. The van der Waals surface area contributed by atoms with Crippen molar-refractivity contribution in [3.63, 3.8) is 0 Å². The maximum atomic E-state index is 0. The second-order valence-corrected chi connectivity index (χ2v) is 0. The molecule has 0 aromatic heterocycles. The molecule has 0 bridgehead atoms. The molecule has 0 aliphatic heterocycles. The summed E-state index contributed by atoms with van der Waals surface area (Å²) in [5.74, 6) is 0.